The highest BCUT2D eigenvalue weighted by molar-refractivity contribution is 5.39. The second-order valence-corrected chi connectivity index (χ2v) is 8.45. The van der Waals surface area contributed by atoms with E-state index in [1.807, 2.05) is 19.1 Å². The van der Waals surface area contributed by atoms with Crippen molar-refractivity contribution in [2.45, 2.75) is 67.7 Å². The maximum Gasteiger partial charge on any atom is 0.121 e. The van der Waals surface area contributed by atoms with E-state index in [1.54, 1.807) is 0 Å². The van der Waals surface area contributed by atoms with Crippen LogP contribution in [0.5, 0.6) is 5.75 Å². The van der Waals surface area contributed by atoms with Crippen molar-refractivity contribution in [3.63, 3.8) is 0 Å². The van der Waals surface area contributed by atoms with Gasteiger partial charge in [-0.2, -0.15) is 0 Å². The van der Waals surface area contributed by atoms with Crippen molar-refractivity contribution < 1.29 is 5.11 Å². The van der Waals surface area contributed by atoms with Crippen molar-refractivity contribution in [2.24, 2.45) is 16.7 Å². The molecule has 0 aliphatic carbocycles. The first-order valence-electron chi connectivity index (χ1n) is 7.78. The van der Waals surface area contributed by atoms with Crippen LogP contribution < -0.4 is 0 Å². The van der Waals surface area contributed by atoms with Gasteiger partial charge in [0.1, 0.15) is 5.75 Å². The Morgan fingerprint density at radius 3 is 2.15 bits per heavy atom. The third kappa shape index (κ3) is 5.19. The van der Waals surface area contributed by atoms with E-state index in [0.29, 0.717) is 17.1 Å². The summed E-state index contributed by atoms with van der Waals surface area (Å²) in [6.45, 7) is 15.8. The van der Waals surface area contributed by atoms with Crippen molar-refractivity contribution in [1.29, 1.82) is 0 Å². The molecule has 0 radical (unpaired) electrons. The molecule has 1 atom stereocenters. The summed E-state index contributed by atoms with van der Waals surface area (Å²) in [5.41, 5.74) is 2.71. The molecule has 0 heterocycles. The Hall–Kier alpha value is -0.980. The number of aryl methyl sites for hydroxylation is 1. The van der Waals surface area contributed by atoms with E-state index in [9.17, 15) is 5.11 Å². The van der Waals surface area contributed by atoms with Gasteiger partial charge in [0.15, 0.2) is 0 Å². The van der Waals surface area contributed by atoms with Gasteiger partial charge in [-0.25, -0.2) is 0 Å². The lowest BCUT2D eigenvalue weighted by Crippen LogP contribution is -2.24. The summed E-state index contributed by atoms with van der Waals surface area (Å²) in [5.74, 6) is 1.08. The summed E-state index contributed by atoms with van der Waals surface area (Å²) in [7, 11) is 0. The van der Waals surface area contributed by atoms with Crippen LogP contribution in [0.3, 0.4) is 0 Å². The van der Waals surface area contributed by atoms with Gasteiger partial charge in [-0.15, -0.1) is 0 Å². The Bertz CT molecular complexity index is 432. The molecule has 1 N–H and O–H groups in total. The molecule has 0 amide bonds. The zero-order chi connectivity index (χ0) is 15.6. The lowest BCUT2D eigenvalue weighted by atomic mass is 9.72. The van der Waals surface area contributed by atoms with Crippen LogP contribution in [0.4, 0.5) is 0 Å². The van der Waals surface area contributed by atoms with Crippen LogP contribution in [0.2, 0.25) is 0 Å². The molecule has 1 unspecified atom stereocenters. The molecule has 0 bridgehead atoms. The summed E-state index contributed by atoms with van der Waals surface area (Å²) >= 11 is 0. The SMILES string of the molecule is Cc1cccc(CC(CCC(C)(C)C)C(C)(C)C)c1O. The minimum atomic E-state index is 0.265. The van der Waals surface area contributed by atoms with Crippen molar-refractivity contribution >= 4 is 0 Å². The van der Waals surface area contributed by atoms with Crippen LogP contribution in [0.25, 0.3) is 0 Å². The van der Waals surface area contributed by atoms with Gasteiger partial charge in [-0.1, -0.05) is 59.7 Å². The van der Waals surface area contributed by atoms with Crippen molar-refractivity contribution in [3.05, 3.63) is 29.3 Å². The van der Waals surface area contributed by atoms with E-state index in [-0.39, 0.29) is 5.41 Å². The Kier molecular flexibility index (Phi) is 5.29. The van der Waals surface area contributed by atoms with Gasteiger partial charge in [-0.05, 0) is 54.1 Å². The summed E-state index contributed by atoms with van der Waals surface area (Å²) in [6, 6.07) is 6.09. The fourth-order valence-corrected chi connectivity index (χ4v) is 2.60. The number of phenolic OH excluding ortho intramolecular Hbond substituents is 1. The Labute approximate surface area is 125 Å². The molecule has 0 aromatic heterocycles. The minimum Gasteiger partial charge on any atom is -0.507 e. The first kappa shape index (κ1) is 17.1. The fourth-order valence-electron chi connectivity index (χ4n) is 2.60. The average Bonchev–Trinajstić information content (AvgIpc) is 2.26. The average molecular weight is 276 g/mol. The summed E-state index contributed by atoms with van der Waals surface area (Å²) in [6.07, 6.45) is 3.40. The molecule has 0 spiro atoms. The summed E-state index contributed by atoms with van der Waals surface area (Å²) in [5, 5.41) is 10.2. The standard InChI is InChI=1S/C19H32O/c1-14-9-8-10-15(17(14)20)13-16(19(5,6)7)11-12-18(2,3)4/h8-10,16,20H,11-13H2,1-7H3. The topological polar surface area (TPSA) is 20.2 Å². The molecule has 1 aromatic rings. The molecule has 20 heavy (non-hydrogen) atoms. The number of hydrogen-bond acceptors (Lipinski definition) is 1. The Balaban J connectivity index is 2.88. The monoisotopic (exact) mass is 276 g/mol. The lowest BCUT2D eigenvalue weighted by molar-refractivity contribution is 0.194. The second kappa shape index (κ2) is 6.20. The number of aromatic hydroxyl groups is 1. The van der Waals surface area contributed by atoms with Crippen LogP contribution in [0, 0.1) is 23.7 Å². The molecule has 1 rings (SSSR count). The van der Waals surface area contributed by atoms with E-state index in [0.717, 1.165) is 17.5 Å². The number of phenols is 1. The van der Waals surface area contributed by atoms with E-state index >= 15 is 0 Å². The van der Waals surface area contributed by atoms with Gasteiger partial charge < -0.3 is 5.11 Å². The predicted octanol–water partition coefficient (Wildman–Crippen LogP) is 5.73. The van der Waals surface area contributed by atoms with E-state index in [4.69, 9.17) is 0 Å². The third-order valence-corrected chi connectivity index (χ3v) is 4.26. The lowest BCUT2D eigenvalue weighted by Gasteiger charge is -2.33. The van der Waals surface area contributed by atoms with Crippen LogP contribution in [-0.4, -0.2) is 5.11 Å². The molecule has 114 valence electrons. The zero-order valence-electron chi connectivity index (χ0n) is 14.4. The first-order valence-corrected chi connectivity index (χ1v) is 7.78. The predicted molar refractivity (Wildman–Crippen MR) is 88.2 cm³/mol. The Morgan fingerprint density at radius 1 is 1.05 bits per heavy atom. The number of hydrogen-bond donors (Lipinski definition) is 1. The maximum atomic E-state index is 10.2. The van der Waals surface area contributed by atoms with Crippen LogP contribution >= 0.6 is 0 Å². The molecule has 1 aromatic carbocycles. The van der Waals surface area contributed by atoms with Crippen LogP contribution in [0.1, 0.15) is 65.5 Å². The zero-order valence-corrected chi connectivity index (χ0v) is 14.4. The maximum absolute atomic E-state index is 10.2. The molecular formula is C19H32O. The minimum absolute atomic E-state index is 0.265. The van der Waals surface area contributed by atoms with E-state index in [2.05, 4.69) is 47.6 Å². The molecule has 0 aliphatic rings. The highest BCUT2D eigenvalue weighted by Gasteiger charge is 2.27. The van der Waals surface area contributed by atoms with Gasteiger partial charge in [0, 0.05) is 0 Å². The summed E-state index contributed by atoms with van der Waals surface area (Å²) in [4.78, 5) is 0. The molecule has 0 aliphatic heterocycles. The second-order valence-electron chi connectivity index (χ2n) is 8.45. The van der Waals surface area contributed by atoms with Gasteiger partial charge in [0.25, 0.3) is 0 Å². The molecule has 1 nitrogen and oxygen atoms in total. The van der Waals surface area contributed by atoms with Crippen molar-refractivity contribution in [1.82, 2.24) is 0 Å². The first-order chi connectivity index (χ1) is 9.00. The molecule has 0 saturated heterocycles. The van der Waals surface area contributed by atoms with Gasteiger partial charge in [0.2, 0.25) is 0 Å². The smallest absolute Gasteiger partial charge is 0.121 e. The van der Waals surface area contributed by atoms with Gasteiger partial charge in [0.05, 0.1) is 0 Å². The van der Waals surface area contributed by atoms with Crippen molar-refractivity contribution in [3.8, 4) is 5.75 Å². The normalized spacial score (nSPS) is 14.3. The van der Waals surface area contributed by atoms with Crippen molar-refractivity contribution in [2.75, 3.05) is 0 Å². The quantitative estimate of drug-likeness (QED) is 0.744. The van der Waals surface area contributed by atoms with E-state index in [1.165, 1.54) is 12.8 Å². The molecular weight excluding hydrogens is 244 g/mol. The number of rotatable bonds is 4. The largest absolute Gasteiger partial charge is 0.507 e. The molecule has 0 saturated carbocycles. The Morgan fingerprint density at radius 2 is 1.65 bits per heavy atom. The van der Waals surface area contributed by atoms with E-state index < -0.39 is 0 Å². The molecule has 1 heteroatoms. The molecule has 0 fully saturated rings. The highest BCUT2D eigenvalue weighted by atomic mass is 16.3. The van der Waals surface area contributed by atoms with Gasteiger partial charge in [-0.3, -0.25) is 0 Å². The number of benzene rings is 1. The number of para-hydroxylation sites is 1. The third-order valence-electron chi connectivity index (χ3n) is 4.26. The van der Waals surface area contributed by atoms with Crippen LogP contribution in [0.15, 0.2) is 18.2 Å². The highest BCUT2D eigenvalue weighted by Crippen LogP contribution is 2.37. The van der Waals surface area contributed by atoms with Crippen LogP contribution in [-0.2, 0) is 6.42 Å². The van der Waals surface area contributed by atoms with Gasteiger partial charge >= 0.3 is 0 Å². The summed E-state index contributed by atoms with van der Waals surface area (Å²) < 4.78 is 0. The fraction of sp³-hybridized carbons (Fsp3) is 0.684.